The molecule has 0 radical (unpaired) electrons. The minimum atomic E-state index is -0.128. The second-order valence-corrected chi connectivity index (χ2v) is 6.33. The summed E-state index contributed by atoms with van der Waals surface area (Å²) in [5.74, 6) is 0.531. The van der Waals surface area contributed by atoms with Crippen LogP contribution in [-0.4, -0.2) is 26.1 Å². The van der Waals surface area contributed by atoms with Gasteiger partial charge in [0.25, 0.3) is 0 Å². The summed E-state index contributed by atoms with van der Waals surface area (Å²) in [5.41, 5.74) is 2.48. The predicted octanol–water partition coefficient (Wildman–Crippen LogP) is 3.57. The number of tetrazole rings is 1. The second kappa shape index (κ2) is 7.46. The van der Waals surface area contributed by atoms with Gasteiger partial charge in [-0.1, -0.05) is 47.6 Å². The van der Waals surface area contributed by atoms with Gasteiger partial charge < -0.3 is 5.32 Å². The Balaban J connectivity index is 1.80. The van der Waals surface area contributed by atoms with E-state index in [0.717, 1.165) is 16.3 Å². The molecule has 3 rings (SSSR count). The molecule has 0 aliphatic rings. The van der Waals surface area contributed by atoms with E-state index in [-0.39, 0.29) is 5.91 Å². The first-order valence-electron chi connectivity index (χ1n) is 7.16. The summed E-state index contributed by atoms with van der Waals surface area (Å²) in [6.45, 7) is 1.47. The molecule has 0 atom stereocenters. The van der Waals surface area contributed by atoms with Crippen LogP contribution in [0, 0.1) is 0 Å². The number of amides is 1. The maximum absolute atomic E-state index is 11.2. The number of benzene rings is 2. The number of rotatable bonds is 5. The fourth-order valence-electron chi connectivity index (χ4n) is 2.11. The Morgan fingerprint density at radius 3 is 2.88 bits per heavy atom. The van der Waals surface area contributed by atoms with Crippen molar-refractivity contribution < 1.29 is 4.79 Å². The fraction of sp³-hybridized carbons (Fsp3) is 0.125. The molecule has 0 unspecified atom stereocenters. The third-order valence-electron chi connectivity index (χ3n) is 3.17. The van der Waals surface area contributed by atoms with Crippen molar-refractivity contribution >= 4 is 35.0 Å². The molecule has 3 aromatic rings. The highest BCUT2D eigenvalue weighted by atomic mass is 35.5. The van der Waals surface area contributed by atoms with Crippen molar-refractivity contribution in [3.63, 3.8) is 0 Å². The highest BCUT2D eigenvalue weighted by molar-refractivity contribution is 7.98. The number of thioether (sulfide) groups is 1. The maximum Gasteiger partial charge on any atom is 0.221 e. The van der Waals surface area contributed by atoms with Gasteiger partial charge in [-0.2, -0.15) is 4.68 Å². The van der Waals surface area contributed by atoms with Crippen LogP contribution in [0.5, 0.6) is 0 Å². The molecule has 2 aromatic carbocycles. The molecule has 1 amide bonds. The van der Waals surface area contributed by atoms with Gasteiger partial charge in [0, 0.05) is 23.4 Å². The van der Waals surface area contributed by atoms with Crippen LogP contribution < -0.4 is 5.32 Å². The zero-order chi connectivity index (χ0) is 16.9. The van der Waals surface area contributed by atoms with Gasteiger partial charge in [0.15, 0.2) is 0 Å². The molecular weight excluding hydrogens is 346 g/mol. The number of anilines is 1. The van der Waals surface area contributed by atoms with Gasteiger partial charge in [0.2, 0.25) is 11.1 Å². The van der Waals surface area contributed by atoms with E-state index in [0.29, 0.717) is 16.6 Å². The quantitative estimate of drug-likeness (QED) is 0.705. The number of nitrogens with one attached hydrogen (secondary N) is 1. The van der Waals surface area contributed by atoms with Crippen molar-refractivity contribution in [2.75, 3.05) is 5.32 Å². The third-order valence-corrected chi connectivity index (χ3v) is 4.50. The minimum Gasteiger partial charge on any atom is -0.326 e. The Hall–Kier alpha value is -2.38. The summed E-state index contributed by atoms with van der Waals surface area (Å²) in [4.78, 5) is 11.2. The lowest BCUT2D eigenvalue weighted by Crippen LogP contribution is -2.07. The highest BCUT2D eigenvalue weighted by Gasteiger charge is 2.11. The van der Waals surface area contributed by atoms with Gasteiger partial charge >= 0.3 is 0 Å². The Bertz CT molecular complexity index is 867. The lowest BCUT2D eigenvalue weighted by Gasteiger charge is -2.07. The smallest absolute Gasteiger partial charge is 0.221 e. The van der Waals surface area contributed by atoms with Crippen LogP contribution in [0.1, 0.15) is 12.5 Å². The van der Waals surface area contributed by atoms with Crippen molar-refractivity contribution in [1.29, 1.82) is 0 Å². The predicted molar refractivity (Wildman–Crippen MR) is 94.5 cm³/mol. The maximum atomic E-state index is 11.2. The van der Waals surface area contributed by atoms with Crippen molar-refractivity contribution in [1.82, 2.24) is 20.2 Å². The van der Waals surface area contributed by atoms with Crippen molar-refractivity contribution in [2.24, 2.45) is 0 Å². The Labute approximate surface area is 148 Å². The number of carbonyl (C=O) groups is 1. The molecule has 0 spiro atoms. The second-order valence-electron chi connectivity index (χ2n) is 4.98. The first-order valence-corrected chi connectivity index (χ1v) is 8.52. The summed E-state index contributed by atoms with van der Waals surface area (Å²) in [6.07, 6.45) is 0. The molecule has 0 saturated heterocycles. The van der Waals surface area contributed by atoms with Crippen LogP contribution in [-0.2, 0) is 10.5 Å². The average molecular weight is 360 g/mol. The summed E-state index contributed by atoms with van der Waals surface area (Å²) >= 11 is 7.67. The molecule has 6 nitrogen and oxygen atoms in total. The number of hydrogen-bond donors (Lipinski definition) is 1. The summed E-state index contributed by atoms with van der Waals surface area (Å²) in [5, 5.41) is 16.0. The molecular formula is C16H14ClN5OS. The molecule has 8 heteroatoms. The molecule has 0 bridgehead atoms. The monoisotopic (exact) mass is 359 g/mol. The zero-order valence-electron chi connectivity index (χ0n) is 12.8. The van der Waals surface area contributed by atoms with E-state index in [1.807, 2.05) is 48.5 Å². The first kappa shape index (κ1) is 16.5. The SMILES string of the molecule is CC(=O)Nc1cccc(-n2nnnc2SCc2ccccc2Cl)c1. The first-order chi connectivity index (χ1) is 11.6. The summed E-state index contributed by atoms with van der Waals surface area (Å²) in [6, 6.07) is 15.0. The molecule has 1 aromatic heterocycles. The zero-order valence-corrected chi connectivity index (χ0v) is 14.4. The van der Waals surface area contributed by atoms with Crippen LogP contribution in [0.3, 0.4) is 0 Å². The standard InChI is InChI=1S/C16H14ClN5OS/c1-11(23)18-13-6-4-7-14(9-13)22-16(19-20-21-22)24-10-12-5-2-3-8-15(12)17/h2-9H,10H2,1H3,(H,18,23). The van der Waals surface area contributed by atoms with E-state index in [1.54, 1.807) is 4.68 Å². The van der Waals surface area contributed by atoms with Gasteiger partial charge in [-0.25, -0.2) is 0 Å². The van der Waals surface area contributed by atoms with Gasteiger partial charge in [-0.05, 0) is 40.3 Å². The van der Waals surface area contributed by atoms with Gasteiger partial charge in [0.1, 0.15) is 0 Å². The number of halogens is 1. The topological polar surface area (TPSA) is 72.7 Å². The van der Waals surface area contributed by atoms with Gasteiger partial charge in [-0.15, -0.1) is 5.10 Å². The lowest BCUT2D eigenvalue weighted by atomic mass is 10.2. The Morgan fingerprint density at radius 1 is 1.25 bits per heavy atom. The van der Waals surface area contributed by atoms with Crippen molar-refractivity contribution in [2.45, 2.75) is 17.8 Å². The Morgan fingerprint density at radius 2 is 2.08 bits per heavy atom. The van der Waals surface area contributed by atoms with Crippen LogP contribution >= 0.6 is 23.4 Å². The molecule has 0 fully saturated rings. The van der Waals surface area contributed by atoms with Crippen molar-refractivity contribution in [3.8, 4) is 5.69 Å². The lowest BCUT2D eigenvalue weighted by molar-refractivity contribution is -0.114. The number of aromatic nitrogens is 4. The normalized spacial score (nSPS) is 10.6. The van der Waals surface area contributed by atoms with Crippen molar-refractivity contribution in [3.05, 3.63) is 59.1 Å². The Kier molecular flexibility index (Phi) is 5.12. The van der Waals surface area contributed by atoms with E-state index in [9.17, 15) is 4.79 Å². The van der Waals surface area contributed by atoms with Crippen LogP contribution in [0.25, 0.3) is 5.69 Å². The average Bonchev–Trinajstić information content (AvgIpc) is 3.02. The van der Waals surface area contributed by atoms with Gasteiger partial charge in [-0.3, -0.25) is 4.79 Å². The molecule has 0 saturated carbocycles. The van der Waals surface area contributed by atoms with E-state index >= 15 is 0 Å². The third kappa shape index (κ3) is 3.93. The highest BCUT2D eigenvalue weighted by Crippen LogP contribution is 2.26. The molecule has 0 aliphatic carbocycles. The number of carbonyl (C=O) groups excluding carboxylic acids is 1. The van der Waals surface area contributed by atoms with Crippen LogP contribution in [0.15, 0.2) is 53.7 Å². The van der Waals surface area contributed by atoms with E-state index in [2.05, 4.69) is 20.8 Å². The molecule has 1 N–H and O–H groups in total. The largest absolute Gasteiger partial charge is 0.326 e. The van der Waals surface area contributed by atoms with E-state index < -0.39 is 0 Å². The minimum absolute atomic E-state index is 0.128. The molecule has 0 aliphatic heterocycles. The number of nitrogens with zero attached hydrogens (tertiary/aromatic N) is 4. The van der Waals surface area contributed by atoms with Crippen LogP contribution in [0.4, 0.5) is 5.69 Å². The summed E-state index contributed by atoms with van der Waals surface area (Å²) < 4.78 is 1.63. The molecule has 1 heterocycles. The molecule has 122 valence electrons. The van der Waals surface area contributed by atoms with E-state index in [4.69, 9.17) is 11.6 Å². The molecule has 24 heavy (non-hydrogen) atoms. The van der Waals surface area contributed by atoms with E-state index in [1.165, 1.54) is 18.7 Å². The summed E-state index contributed by atoms with van der Waals surface area (Å²) in [7, 11) is 0. The van der Waals surface area contributed by atoms with Gasteiger partial charge in [0.05, 0.1) is 5.69 Å². The number of hydrogen-bond acceptors (Lipinski definition) is 5. The fourth-order valence-corrected chi connectivity index (χ4v) is 3.28. The van der Waals surface area contributed by atoms with Crippen LogP contribution in [0.2, 0.25) is 5.02 Å².